The highest BCUT2D eigenvalue weighted by molar-refractivity contribution is 7.07. The second-order valence-corrected chi connectivity index (χ2v) is 4.51. The van der Waals surface area contributed by atoms with Crippen molar-refractivity contribution >= 4 is 17.2 Å². The molecule has 3 nitrogen and oxygen atoms in total. The van der Waals surface area contributed by atoms with Gasteiger partial charge in [0.1, 0.15) is 5.82 Å². The van der Waals surface area contributed by atoms with Gasteiger partial charge >= 0.3 is 0 Å². The van der Waals surface area contributed by atoms with E-state index in [2.05, 4.69) is 32.1 Å². The van der Waals surface area contributed by atoms with Crippen LogP contribution in [0.25, 0.3) is 0 Å². The van der Waals surface area contributed by atoms with E-state index in [9.17, 15) is 0 Å². The van der Waals surface area contributed by atoms with Crippen LogP contribution in [0.15, 0.2) is 23.0 Å². The SMILES string of the molecule is Cc1ncc(NCCc2ccsc2)nc1C. The van der Waals surface area contributed by atoms with Gasteiger partial charge in [0.2, 0.25) is 0 Å². The number of nitrogens with zero attached hydrogens (tertiary/aromatic N) is 2. The molecule has 16 heavy (non-hydrogen) atoms. The van der Waals surface area contributed by atoms with Crippen molar-refractivity contribution in [2.45, 2.75) is 20.3 Å². The molecule has 0 amide bonds. The van der Waals surface area contributed by atoms with Crippen LogP contribution in [-0.4, -0.2) is 16.5 Å². The van der Waals surface area contributed by atoms with E-state index in [1.54, 1.807) is 17.5 Å². The first kappa shape index (κ1) is 11.1. The molecule has 0 aliphatic heterocycles. The smallest absolute Gasteiger partial charge is 0.144 e. The van der Waals surface area contributed by atoms with E-state index in [4.69, 9.17) is 0 Å². The number of thiophene rings is 1. The zero-order valence-corrected chi connectivity index (χ0v) is 10.3. The Morgan fingerprint density at radius 3 is 2.88 bits per heavy atom. The summed E-state index contributed by atoms with van der Waals surface area (Å²) in [4.78, 5) is 8.69. The highest BCUT2D eigenvalue weighted by Crippen LogP contribution is 2.08. The fourth-order valence-corrected chi connectivity index (χ4v) is 2.10. The molecular weight excluding hydrogens is 218 g/mol. The molecule has 0 fully saturated rings. The molecule has 0 radical (unpaired) electrons. The molecule has 2 rings (SSSR count). The van der Waals surface area contributed by atoms with Crippen LogP contribution in [0.5, 0.6) is 0 Å². The van der Waals surface area contributed by atoms with Crippen LogP contribution >= 0.6 is 11.3 Å². The van der Waals surface area contributed by atoms with Gasteiger partial charge in [-0.05, 0) is 42.7 Å². The van der Waals surface area contributed by atoms with Crippen molar-refractivity contribution in [1.29, 1.82) is 0 Å². The molecule has 0 unspecified atom stereocenters. The second kappa shape index (κ2) is 5.07. The Balaban J connectivity index is 1.87. The molecule has 0 saturated heterocycles. The van der Waals surface area contributed by atoms with Gasteiger partial charge in [-0.1, -0.05) is 0 Å². The lowest BCUT2D eigenvalue weighted by molar-refractivity contribution is 0.981. The van der Waals surface area contributed by atoms with E-state index < -0.39 is 0 Å². The molecule has 2 heterocycles. The number of hydrogen-bond acceptors (Lipinski definition) is 4. The minimum absolute atomic E-state index is 0.860. The number of rotatable bonds is 4. The Hall–Kier alpha value is -1.42. The molecule has 1 N–H and O–H groups in total. The maximum atomic E-state index is 4.42. The summed E-state index contributed by atoms with van der Waals surface area (Å²) in [6.45, 7) is 4.85. The Morgan fingerprint density at radius 2 is 2.19 bits per heavy atom. The molecule has 0 aromatic carbocycles. The molecular formula is C12H15N3S. The van der Waals surface area contributed by atoms with Crippen LogP contribution < -0.4 is 5.32 Å². The molecule has 0 saturated carbocycles. The first-order valence-electron chi connectivity index (χ1n) is 5.31. The summed E-state index contributed by atoms with van der Waals surface area (Å²) in [6, 6.07) is 2.15. The van der Waals surface area contributed by atoms with Crippen LogP contribution in [0.1, 0.15) is 17.0 Å². The molecule has 0 bridgehead atoms. The second-order valence-electron chi connectivity index (χ2n) is 3.73. The van der Waals surface area contributed by atoms with Crippen molar-refractivity contribution in [2.75, 3.05) is 11.9 Å². The van der Waals surface area contributed by atoms with Crippen LogP contribution in [0.2, 0.25) is 0 Å². The Kier molecular flexibility index (Phi) is 3.51. The van der Waals surface area contributed by atoms with Crippen LogP contribution in [0.4, 0.5) is 5.82 Å². The fourth-order valence-electron chi connectivity index (χ4n) is 1.40. The molecule has 84 valence electrons. The van der Waals surface area contributed by atoms with Crippen LogP contribution in [-0.2, 0) is 6.42 Å². The lowest BCUT2D eigenvalue weighted by Crippen LogP contribution is -2.07. The molecule has 0 spiro atoms. The number of aryl methyl sites for hydroxylation is 2. The predicted octanol–water partition coefficient (Wildman–Crippen LogP) is 2.81. The van der Waals surface area contributed by atoms with Crippen LogP contribution in [0.3, 0.4) is 0 Å². The van der Waals surface area contributed by atoms with E-state index in [0.29, 0.717) is 0 Å². The standard InChI is InChI=1S/C12H15N3S/c1-9-10(2)15-12(7-14-9)13-5-3-11-4-6-16-8-11/h4,6-8H,3,5H2,1-2H3,(H,13,15). The average molecular weight is 233 g/mol. The van der Waals surface area contributed by atoms with Crippen molar-refractivity contribution in [3.05, 3.63) is 40.0 Å². The molecule has 4 heteroatoms. The third kappa shape index (κ3) is 2.79. The van der Waals surface area contributed by atoms with Gasteiger partial charge in [0.05, 0.1) is 17.6 Å². The van der Waals surface area contributed by atoms with Gasteiger partial charge in [0.15, 0.2) is 0 Å². The zero-order chi connectivity index (χ0) is 11.4. The van der Waals surface area contributed by atoms with Gasteiger partial charge in [-0.2, -0.15) is 11.3 Å². The van der Waals surface area contributed by atoms with Gasteiger partial charge in [-0.25, -0.2) is 4.98 Å². The Bertz CT molecular complexity index is 451. The van der Waals surface area contributed by atoms with Gasteiger partial charge in [-0.15, -0.1) is 0 Å². The third-order valence-electron chi connectivity index (χ3n) is 2.49. The fraction of sp³-hybridized carbons (Fsp3) is 0.333. The number of anilines is 1. The highest BCUT2D eigenvalue weighted by atomic mass is 32.1. The number of aromatic nitrogens is 2. The van der Waals surface area contributed by atoms with Crippen molar-refractivity contribution in [3.63, 3.8) is 0 Å². The quantitative estimate of drug-likeness (QED) is 0.882. The molecule has 0 aliphatic carbocycles. The third-order valence-corrected chi connectivity index (χ3v) is 3.22. The minimum atomic E-state index is 0.860. The summed E-state index contributed by atoms with van der Waals surface area (Å²) in [7, 11) is 0. The van der Waals surface area contributed by atoms with E-state index in [0.717, 1.165) is 30.2 Å². The molecule has 0 atom stereocenters. The number of hydrogen-bond donors (Lipinski definition) is 1. The molecule has 2 aromatic rings. The average Bonchev–Trinajstić information content (AvgIpc) is 2.76. The summed E-state index contributed by atoms with van der Waals surface area (Å²) >= 11 is 1.73. The Morgan fingerprint density at radius 1 is 1.31 bits per heavy atom. The first-order valence-corrected chi connectivity index (χ1v) is 6.25. The summed E-state index contributed by atoms with van der Waals surface area (Å²) in [5.41, 5.74) is 3.35. The monoisotopic (exact) mass is 233 g/mol. The Labute approximate surface area is 99.6 Å². The van der Waals surface area contributed by atoms with E-state index >= 15 is 0 Å². The van der Waals surface area contributed by atoms with Gasteiger partial charge in [-0.3, -0.25) is 4.98 Å². The van der Waals surface area contributed by atoms with Crippen LogP contribution in [0, 0.1) is 13.8 Å². The van der Waals surface area contributed by atoms with E-state index in [1.807, 2.05) is 13.8 Å². The predicted molar refractivity (Wildman–Crippen MR) is 68.0 cm³/mol. The summed E-state index contributed by atoms with van der Waals surface area (Å²) in [6.07, 6.45) is 2.81. The highest BCUT2D eigenvalue weighted by Gasteiger charge is 1.99. The lowest BCUT2D eigenvalue weighted by atomic mass is 10.2. The van der Waals surface area contributed by atoms with Crippen molar-refractivity contribution in [1.82, 2.24) is 9.97 Å². The summed E-state index contributed by atoms with van der Waals surface area (Å²) < 4.78 is 0. The summed E-state index contributed by atoms with van der Waals surface area (Å²) in [5.74, 6) is 0.860. The lowest BCUT2D eigenvalue weighted by Gasteiger charge is -2.06. The van der Waals surface area contributed by atoms with Gasteiger partial charge in [0.25, 0.3) is 0 Å². The van der Waals surface area contributed by atoms with E-state index in [-0.39, 0.29) is 0 Å². The molecule has 2 aromatic heterocycles. The normalized spacial score (nSPS) is 10.4. The maximum absolute atomic E-state index is 4.42. The van der Waals surface area contributed by atoms with Gasteiger partial charge < -0.3 is 5.32 Å². The van der Waals surface area contributed by atoms with Crippen molar-refractivity contribution in [3.8, 4) is 0 Å². The zero-order valence-electron chi connectivity index (χ0n) is 9.53. The largest absolute Gasteiger partial charge is 0.368 e. The molecule has 0 aliphatic rings. The van der Waals surface area contributed by atoms with Crippen molar-refractivity contribution in [2.24, 2.45) is 0 Å². The maximum Gasteiger partial charge on any atom is 0.144 e. The summed E-state index contributed by atoms with van der Waals surface area (Å²) in [5, 5.41) is 7.56. The minimum Gasteiger partial charge on any atom is -0.368 e. The number of nitrogens with one attached hydrogen (secondary N) is 1. The van der Waals surface area contributed by atoms with Crippen molar-refractivity contribution < 1.29 is 0 Å². The first-order chi connectivity index (χ1) is 7.75. The topological polar surface area (TPSA) is 37.8 Å². The van der Waals surface area contributed by atoms with Gasteiger partial charge in [0, 0.05) is 6.54 Å². The van der Waals surface area contributed by atoms with E-state index in [1.165, 1.54) is 5.56 Å².